The minimum absolute atomic E-state index is 0.0517. The van der Waals surface area contributed by atoms with Crippen molar-refractivity contribution in [2.24, 2.45) is 10.9 Å². The lowest BCUT2D eigenvalue weighted by atomic mass is 9.89. The van der Waals surface area contributed by atoms with E-state index in [9.17, 15) is 4.79 Å². The molecule has 29 heavy (non-hydrogen) atoms. The van der Waals surface area contributed by atoms with Gasteiger partial charge in [-0.2, -0.15) is 0 Å². The van der Waals surface area contributed by atoms with Crippen molar-refractivity contribution >= 4 is 11.9 Å². The van der Waals surface area contributed by atoms with E-state index in [4.69, 9.17) is 0 Å². The van der Waals surface area contributed by atoms with Gasteiger partial charge in [0.15, 0.2) is 5.96 Å². The zero-order valence-corrected chi connectivity index (χ0v) is 18.8. The number of likely N-dealkylation sites (N-methyl/N-ethyl adjacent to an activating group) is 1. The number of carbonyl (C=O) groups is 1. The van der Waals surface area contributed by atoms with Gasteiger partial charge in [-0.05, 0) is 44.4 Å². The van der Waals surface area contributed by atoms with E-state index in [2.05, 4.69) is 20.5 Å². The van der Waals surface area contributed by atoms with Crippen molar-refractivity contribution < 1.29 is 4.79 Å². The number of guanidine groups is 1. The zero-order valence-electron chi connectivity index (χ0n) is 18.8. The second kappa shape index (κ2) is 11.8. The van der Waals surface area contributed by atoms with Gasteiger partial charge in [-0.15, -0.1) is 0 Å². The maximum atomic E-state index is 12.0. The Hall–Kier alpha value is -1.30. The lowest BCUT2D eigenvalue weighted by molar-refractivity contribution is -0.127. The highest BCUT2D eigenvalue weighted by atomic mass is 16.2. The average molecular weight is 406 g/mol. The van der Waals surface area contributed by atoms with Crippen LogP contribution in [0.4, 0.5) is 0 Å². The molecule has 3 fully saturated rings. The largest absolute Gasteiger partial charge is 0.356 e. The third-order valence-corrected chi connectivity index (χ3v) is 7.12. The molecule has 2 aliphatic carbocycles. The summed E-state index contributed by atoms with van der Waals surface area (Å²) in [4.78, 5) is 21.0. The molecule has 0 radical (unpaired) electrons. The van der Waals surface area contributed by atoms with Crippen LogP contribution in [0.25, 0.3) is 0 Å². The highest BCUT2D eigenvalue weighted by molar-refractivity contribution is 5.84. The number of amides is 1. The van der Waals surface area contributed by atoms with Crippen LogP contribution >= 0.6 is 0 Å². The van der Waals surface area contributed by atoms with Crippen LogP contribution in [0.2, 0.25) is 0 Å². The van der Waals surface area contributed by atoms with Crippen LogP contribution in [-0.2, 0) is 4.79 Å². The molecule has 0 aromatic carbocycles. The Morgan fingerprint density at radius 3 is 2.17 bits per heavy atom. The van der Waals surface area contributed by atoms with Crippen LogP contribution < -0.4 is 10.6 Å². The van der Waals surface area contributed by atoms with Gasteiger partial charge in [0.2, 0.25) is 5.91 Å². The molecule has 6 heteroatoms. The first-order valence-corrected chi connectivity index (χ1v) is 12.1. The number of carbonyl (C=O) groups excluding carboxylic acids is 1. The summed E-state index contributed by atoms with van der Waals surface area (Å²) in [6.07, 6.45) is 16.1. The lowest BCUT2D eigenvalue weighted by Gasteiger charge is -2.39. The van der Waals surface area contributed by atoms with Crippen LogP contribution in [0.15, 0.2) is 4.99 Å². The van der Waals surface area contributed by atoms with Gasteiger partial charge in [0.05, 0.1) is 0 Å². The first kappa shape index (κ1) is 22.4. The fourth-order valence-corrected chi connectivity index (χ4v) is 5.12. The molecule has 6 nitrogen and oxygen atoms in total. The van der Waals surface area contributed by atoms with Gasteiger partial charge < -0.3 is 20.4 Å². The Balaban J connectivity index is 1.48. The van der Waals surface area contributed by atoms with Crippen molar-refractivity contribution in [1.82, 2.24) is 20.4 Å². The zero-order chi connectivity index (χ0) is 20.5. The predicted octanol–water partition coefficient (Wildman–Crippen LogP) is 2.99. The maximum Gasteiger partial charge on any atom is 0.243 e. The third-order valence-electron chi connectivity index (χ3n) is 7.12. The van der Waals surface area contributed by atoms with Gasteiger partial charge in [0, 0.05) is 45.8 Å². The molecule has 2 saturated carbocycles. The van der Waals surface area contributed by atoms with Crippen molar-refractivity contribution in [1.29, 1.82) is 0 Å². The predicted molar refractivity (Wildman–Crippen MR) is 120 cm³/mol. The van der Waals surface area contributed by atoms with E-state index in [0.717, 1.165) is 24.5 Å². The van der Waals surface area contributed by atoms with E-state index in [0.29, 0.717) is 6.04 Å². The molecule has 0 aromatic heterocycles. The smallest absolute Gasteiger partial charge is 0.243 e. The minimum atomic E-state index is 0.0517. The standard InChI is InChI=1S/C23H43N5O/c1-27(2)22(29)18-25-23(24-17-19-9-5-3-6-10-19)26-20-13-15-28(16-14-20)21-11-7-4-8-12-21/h19-21H,3-18H2,1-2H3,(H2,24,25,26). The Labute approximate surface area is 177 Å². The highest BCUT2D eigenvalue weighted by Gasteiger charge is 2.26. The van der Waals surface area contributed by atoms with E-state index in [1.807, 2.05) is 0 Å². The summed E-state index contributed by atoms with van der Waals surface area (Å²) < 4.78 is 0. The van der Waals surface area contributed by atoms with E-state index < -0.39 is 0 Å². The molecule has 1 aliphatic heterocycles. The first-order valence-electron chi connectivity index (χ1n) is 12.1. The Morgan fingerprint density at radius 1 is 0.931 bits per heavy atom. The van der Waals surface area contributed by atoms with Gasteiger partial charge in [-0.3, -0.25) is 4.79 Å². The summed E-state index contributed by atoms with van der Waals surface area (Å²) in [6, 6.07) is 1.28. The average Bonchev–Trinajstić information content (AvgIpc) is 2.77. The molecule has 1 amide bonds. The normalized spacial score (nSPS) is 23.7. The lowest BCUT2D eigenvalue weighted by Crippen LogP contribution is -2.51. The highest BCUT2D eigenvalue weighted by Crippen LogP contribution is 2.25. The quantitative estimate of drug-likeness (QED) is 0.527. The Kier molecular flexibility index (Phi) is 9.09. The molecule has 1 saturated heterocycles. The van der Waals surface area contributed by atoms with Crippen molar-refractivity contribution in [2.75, 3.05) is 40.3 Å². The van der Waals surface area contributed by atoms with Gasteiger partial charge in [0.25, 0.3) is 0 Å². The molecule has 166 valence electrons. The number of nitrogens with zero attached hydrogens (tertiary/aromatic N) is 3. The number of hydrogen-bond donors (Lipinski definition) is 2. The molecule has 3 rings (SSSR count). The van der Waals surface area contributed by atoms with Crippen molar-refractivity contribution in [3.63, 3.8) is 0 Å². The van der Waals surface area contributed by atoms with Gasteiger partial charge in [-0.25, -0.2) is 4.99 Å². The summed E-state index contributed by atoms with van der Waals surface area (Å²) in [5.74, 6) is 1.63. The summed E-state index contributed by atoms with van der Waals surface area (Å²) in [7, 11) is 3.59. The van der Waals surface area contributed by atoms with E-state index in [1.54, 1.807) is 19.0 Å². The molecule has 0 atom stereocenters. The number of aliphatic imine (C=N–C) groups is 1. The van der Waals surface area contributed by atoms with E-state index >= 15 is 0 Å². The first-order chi connectivity index (χ1) is 14.1. The second-order valence-corrected chi connectivity index (χ2v) is 9.58. The summed E-state index contributed by atoms with van der Waals surface area (Å²) in [5, 5.41) is 7.21. The Bertz CT molecular complexity index is 515. The molecule has 0 unspecified atom stereocenters. The van der Waals surface area contributed by atoms with Crippen molar-refractivity contribution in [3.05, 3.63) is 0 Å². The van der Waals surface area contributed by atoms with E-state index in [-0.39, 0.29) is 12.5 Å². The monoisotopic (exact) mass is 405 g/mol. The maximum absolute atomic E-state index is 12.0. The molecule has 2 N–H and O–H groups in total. The third kappa shape index (κ3) is 7.47. The molecule has 1 heterocycles. The van der Waals surface area contributed by atoms with Crippen LogP contribution in [0.5, 0.6) is 0 Å². The van der Waals surface area contributed by atoms with Crippen molar-refractivity contribution in [3.8, 4) is 0 Å². The fourth-order valence-electron chi connectivity index (χ4n) is 5.12. The molecular formula is C23H43N5O. The van der Waals surface area contributed by atoms with Crippen molar-refractivity contribution in [2.45, 2.75) is 89.1 Å². The molecular weight excluding hydrogens is 362 g/mol. The molecule has 3 aliphatic rings. The van der Waals surface area contributed by atoms with Crippen LogP contribution in [0.1, 0.15) is 77.0 Å². The fraction of sp³-hybridized carbons (Fsp3) is 0.913. The summed E-state index contributed by atoms with van der Waals surface area (Å²) >= 11 is 0. The van der Waals surface area contributed by atoms with Crippen LogP contribution in [-0.4, -0.2) is 74.0 Å². The van der Waals surface area contributed by atoms with Gasteiger partial charge in [-0.1, -0.05) is 38.5 Å². The van der Waals surface area contributed by atoms with Gasteiger partial charge >= 0.3 is 0 Å². The van der Waals surface area contributed by atoms with E-state index in [1.165, 1.54) is 90.1 Å². The van der Waals surface area contributed by atoms with Gasteiger partial charge in [0.1, 0.15) is 6.54 Å². The van der Waals surface area contributed by atoms with Crippen LogP contribution in [0.3, 0.4) is 0 Å². The second-order valence-electron chi connectivity index (χ2n) is 9.58. The number of hydrogen-bond acceptors (Lipinski definition) is 3. The number of nitrogens with one attached hydrogen (secondary N) is 2. The Morgan fingerprint density at radius 2 is 1.55 bits per heavy atom. The molecule has 0 aromatic rings. The molecule has 0 spiro atoms. The summed E-state index contributed by atoms with van der Waals surface area (Å²) in [5.41, 5.74) is 0. The number of likely N-dealkylation sites (tertiary alicyclic amines) is 1. The van der Waals surface area contributed by atoms with Crippen LogP contribution in [0, 0.1) is 5.92 Å². The SMILES string of the molecule is CN(C)C(=O)CN=C(NCC1CCCCC1)NC1CCN(C2CCCCC2)CC1. The number of rotatable bonds is 6. The molecule has 0 bridgehead atoms. The number of piperidine rings is 1. The summed E-state index contributed by atoms with van der Waals surface area (Å²) in [6.45, 7) is 3.57. The minimum Gasteiger partial charge on any atom is -0.356 e. The topological polar surface area (TPSA) is 60.0 Å².